The van der Waals surface area contributed by atoms with Gasteiger partial charge in [0.1, 0.15) is 5.02 Å². The molecule has 26 heavy (non-hydrogen) atoms. The van der Waals surface area contributed by atoms with Crippen LogP contribution in [0.1, 0.15) is 18.1 Å². The monoisotopic (exact) mass is 503 g/mol. The summed E-state index contributed by atoms with van der Waals surface area (Å²) in [5.41, 5.74) is 4.55. The van der Waals surface area contributed by atoms with Crippen LogP contribution in [-0.4, -0.2) is 24.0 Å². The van der Waals surface area contributed by atoms with Crippen LogP contribution < -0.4 is 15.5 Å². The Labute approximate surface area is 172 Å². The molecule has 0 atom stereocenters. The van der Waals surface area contributed by atoms with Crippen molar-refractivity contribution in [3.63, 3.8) is 0 Å². The second-order valence-corrected chi connectivity index (χ2v) is 7.19. The van der Waals surface area contributed by atoms with Gasteiger partial charge in [-0.2, -0.15) is 5.10 Å². The Bertz CT molecular complexity index is 860. The molecule has 0 aromatic heterocycles. The highest BCUT2D eigenvalue weighted by atomic mass is 79.9. The Hall–Kier alpha value is -1.77. The van der Waals surface area contributed by atoms with E-state index in [4.69, 9.17) is 16.3 Å². The zero-order chi connectivity index (χ0) is 19.3. The van der Waals surface area contributed by atoms with Crippen molar-refractivity contribution in [1.82, 2.24) is 5.43 Å². The van der Waals surface area contributed by atoms with Gasteiger partial charge in [-0.15, -0.1) is 0 Å². The summed E-state index contributed by atoms with van der Waals surface area (Å²) < 4.78 is 6.72. The van der Waals surface area contributed by atoms with E-state index in [1.54, 1.807) is 19.1 Å². The molecule has 0 aliphatic heterocycles. The predicted octanol–water partition coefficient (Wildman–Crippen LogP) is 5.43. The van der Waals surface area contributed by atoms with Crippen LogP contribution >= 0.6 is 43.5 Å². The van der Waals surface area contributed by atoms with Gasteiger partial charge in [0.2, 0.25) is 0 Å². The zero-order valence-electron chi connectivity index (χ0n) is 13.9. The third-order valence-electron chi connectivity index (χ3n) is 3.26. The molecule has 6 nitrogen and oxygen atoms in total. The number of halogens is 3. The Balaban J connectivity index is 2.07. The number of aromatic hydroxyl groups is 1. The van der Waals surface area contributed by atoms with Crippen LogP contribution in [0.2, 0.25) is 5.02 Å². The number of anilines is 1. The standard InChI is InChI=1S/C17H16Br2ClN3O3/c1-3-26-13-7-10(14(19)15(20)16(13)24)8-21-23-17(25)22-11-4-5-12(18)9(2)6-11/h4-8,24H,3H2,1-2H3,(H2,22,23,25)/b21-8+. The predicted molar refractivity (Wildman–Crippen MR) is 111 cm³/mol. The number of benzene rings is 2. The summed E-state index contributed by atoms with van der Waals surface area (Å²) in [5, 5.41) is 16.6. The van der Waals surface area contributed by atoms with Crippen LogP contribution in [0.4, 0.5) is 10.5 Å². The molecule has 3 N–H and O–H groups in total. The van der Waals surface area contributed by atoms with E-state index in [9.17, 15) is 9.90 Å². The minimum atomic E-state index is -0.492. The molecule has 2 aromatic rings. The van der Waals surface area contributed by atoms with E-state index >= 15 is 0 Å². The van der Waals surface area contributed by atoms with Gasteiger partial charge in [-0.05, 0) is 59.6 Å². The summed E-state index contributed by atoms with van der Waals surface area (Å²) in [6.07, 6.45) is 1.39. The first-order valence-electron chi connectivity index (χ1n) is 7.53. The van der Waals surface area contributed by atoms with Crippen molar-refractivity contribution in [2.24, 2.45) is 5.10 Å². The Morgan fingerprint density at radius 1 is 1.38 bits per heavy atom. The van der Waals surface area contributed by atoms with Crippen LogP contribution in [0.15, 0.2) is 38.3 Å². The van der Waals surface area contributed by atoms with Crippen molar-refractivity contribution in [3.8, 4) is 11.5 Å². The van der Waals surface area contributed by atoms with Crippen molar-refractivity contribution >= 4 is 61.4 Å². The number of carbonyl (C=O) groups is 1. The van der Waals surface area contributed by atoms with Crippen LogP contribution in [-0.2, 0) is 0 Å². The number of ether oxygens (including phenoxy) is 1. The minimum absolute atomic E-state index is 0.104. The molecular weight excluding hydrogens is 489 g/mol. The highest BCUT2D eigenvalue weighted by Gasteiger charge is 2.14. The van der Waals surface area contributed by atoms with Gasteiger partial charge in [-0.3, -0.25) is 0 Å². The maximum Gasteiger partial charge on any atom is 0.339 e. The van der Waals surface area contributed by atoms with Crippen LogP contribution in [0, 0.1) is 6.92 Å². The summed E-state index contributed by atoms with van der Waals surface area (Å²) in [6.45, 7) is 4.08. The molecule has 2 amide bonds. The van der Waals surface area contributed by atoms with Crippen molar-refractivity contribution in [3.05, 3.63) is 49.4 Å². The molecule has 0 radical (unpaired) electrons. The summed E-state index contributed by atoms with van der Waals surface area (Å²) in [4.78, 5) is 11.9. The lowest BCUT2D eigenvalue weighted by molar-refractivity contribution is 0.252. The largest absolute Gasteiger partial charge is 0.503 e. The van der Waals surface area contributed by atoms with Crippen molar-refractivity contribution in [1.29, 1.82) is 0 Å². The number of amides is 2. The molecule has 2 aromatic carbocycles. The molecule has 0 heterocycles. The highest BCUT2D eigenvalue weighted by Crippen LogP contribution is 2.41. The lowest BCUT2D eigenvalue weighted by atomic mass is 10.2. The van der Waals surface area contributed by atoms with Crippen LogP contribution in [0.25, 0.3) is 0 Å². The number of nitrogens with zero attached hydrogens (tertiary/aromatic N) is 1. The number of hydrogen-bond donors (Lipinski definition) is 3. The van der Waals surface area contributed by atoms with E-state index in [-0.39, 0.29) is 16.5 Å². The van der Waals surface area contributed by atoms with E-state index in [0.717, 1.165) is 10.0 Å². The number of phenols is 1. The molecule has 0 bridgehead atoms. The van der Waals surface area contributed by atoms with Crippen molar-refractivity contribution < 1.29 is 14.6 Å². The molecule has 0 saturated heterocycles. The summed E-state index contributed by atoms with van der Waals surface area (Å²) in [7, 11) is 0. The number of urea groups is 1. The van der Waals surface area contributed by atoms with Gasteiger partial charge in [0.25, 0.3) is 0 Å². The van der Waals surface area contributed by atoms with Gasteiger partial charge in [0.15, 0.2) is 11.5 Å². The Morgan fingerprint density at radius 2 is 2.12 bits per heavy atom. The smallest absolute Gasteiger partial charge is 0.339 e. The first kappa shape index (κ1) is 20.5. The van der Waals surface area contributed by atoms with Crippen LogP contribution in [0.3, 0.4) is 0 Å². The first-order chi connectivity index (χ1) is 12.3. The number of nitrogens with one attached hydrogen (secondary N) is 2. The number of hydrazone groups is 1. The lowest BCUT2D eigenvalue weighted by Crippen LogP contribution is -2.24. The maximum atomic E-state index is 11.9. The number of carbonyl (C=O) groups excluding carboxylic acids is 1. The van der Waals surface area contributed by atoms with Gasteiger partial charge in [-0.25, -0.2) is 10.2 Å². The highest BCUT2D eigenvalue weighted by molar-refractivity contribution is 9.11. The van der Waals surface area contributed by atoms with E-state index in [2.05, 4.69) is 47.7 Å². The molecule has 0 aliphatic carbocycles. The molecule has 0 unspecified atom stereocenters. The normalized spacial score (nSPS) is 10.8. The molecule has 2 rings (SSSR count). The maximum absolute atomic E-state index is 11.9. The van der Waals surface area contributed by atoms with E-state index in [1.807, 2.05) is 19.1 Å². The molecule has 0 aliphatic rings. The molecule has 138 valence electrons. The van der Waals surface area contributed by atoms with Crippen LogP contribution in [0.5, 0.6) is 11.5 Å². The average Bonchev–Trinajstić information content (AvgIpc) is 2.60. The van der Waals surface area contributed by atoms with E-state index in [0.29, 0.717) is 22.3 Å². The number of hydrogen-bond acceptors (Lipinski definition) is 4. The van der Waals surface area contributed by atoms with Gasteiger partial charge in [-0.1, -0.05) is 27.5 Å². The van der Waals surface area contributed by atoms with E-state index < -0.39 is 6.03 Å². The van der Waals surface area contributed by atoms with Crippen molar-refractivity contribution in [2.45, 2.75) is 13.8 Å². The lowest BCUT2D eigenvalue weighted by Gasteiger charge is -2.10. The fourth-order valence-electron chi connectivity index (χ4n) is 2.01. The van der Waals surface area contributed by atoms with E-state index in [1.165, 1.54) is 6.21 Å². The number of rotatable bonds is 5. The summed E-state index contributed by atoms with van der Waals surface area (Å²) >= 11 is 12.7. The fraction of sp³-hybridized carbons (Fsp3) is 0.176. The molecule has 0 fully saturated rings. The SMILES string of the molecule is CCOc1cc(/C=N/NC(=O)Nc2ccc(Br)c(C)c2)c(Br)c(Cl)c1O. The first-order valence-corrected chi connectivity index (χ1v) is 9.49. The Kier molecular flexibility index (Phi) is 7.31. The topological polar surface area (TPSA) is 83.0 Å². The minimum Gasteiger partial charge on any atom is -0.503 e. The van der Waals surface area contributed by atoms with Crippen molar-refractivity contribution in [2.75, 3.05) is 11.9 Å². The Morgan fingerprint density at radius 3 is 2.77 bits per heavy atom. The quantitative estimate of drug-likeness (QED) is 0.374. The number of aryl methyl sites for hydroxylation is 1. The third kappa shape index (κ3) is 5.12. The number of phenolic OH excluding ortho intramolecular Hbond substituents is 1. The molecule has 0 saturated carbocycles. The van der Waals surface area contributed by atoms with Gasteiger partial charge in [0.05, 0.1) is 12.8 Å². The molecule has 0 spiro atoms. The molecular formula is C17H16Br2ClN3O3. The zero-order valence-corrected chi connectivity index (χ0v) is 17.9. The summed E-state index contributed by atoms with van der Waals surface area (Å²) in [6, 6.07) is 6.52. The second-order valence-electron chi connectivity index (χ2n) is 5.16. The fourth-order valence-corrected chi connectivity index (χ4v) is 2.87. The van der Waals surface area contributed by atoms with Gasteiger partial charge in [0, 0.05) is 20.2 Å². The van der Waals surface area contributed by atoms with Gasteiger partial charge >= 0.3 is 6.03 Å². The third-order valence-corrected chi connectivity index (χ3v) is 5.60. The second kappa shape index (κ2) is 9.25. The van der Waals surface area contributed by atoms with Gasteiger partial charge < -0.3 is 15.2 Å². The molecule has 9 heteroatoms. The summed E-state index contributed by atoms with van der Waals surface area (Å²) in [5.74, 6) is 0.0748. The average molecular weight is 506 g/mol.